The summed E-state index contributed by atoms with van der Waals surface area (Å²) in [5.41, 5.74) is 0.408. The molecular formula is C18H23ClN4O3. The van der Waals surface area contributed by atoms with E-state index in [1.807, 2.05) is 6.92 Å². The molecule has 0 aliphatic carbocycles. The maximum absolute atomic E-state index is 12.5. The largest absolute Gasteiger partial charge is 0.493 e. The predicted octanol–water partition coefficient (Wildman–Crippen LogP) is 3.00. The molecule has 26 heavy (non-hydrogen) atoms. The lowest BCUT2D eigenvalue weighted by Crippen LogP contribution is -2.25. The molecule has 7 nitrogen and oxygen atoms in total. The summed E-state index contributed by atoms with van der Waals surface area (Å²) in [4.78, 5) is 12.5. The Hall–Kier alpha value is -2.28. The van der Waals surface area contributed by atoms with Crippen LogP contribution in [0.25, 0.3) is 0 Å². The molecule has 1 amide bonds. The second-order valence-corrected chi connectivity index (χ2v) is 6.51. The minimum atomic E-state index is -0.251. The number of hydrogen-bond acceptors (Lipinski definition) is 5. The van der Waals surface area contributed by atoms with Crippen LogP contribution in [0.2, 0.25) is 5.02 Å². The monoisotopic (exact) mass is 378 g/mol. The van der Waals surface area contributed by atoms with Crippen molar-refractivity contribution in [2.45, 2.75) is 45.7 Å². The highest BCUT2D eigenvalue weighted by Gasteiger charge is 2.18. The molecule has 0 unspecified atom stereocenters. The van der Waals surface area contributed by atoms with E-state index >= 15 is 0 Å². The van der Waals surface area contributed by atoms with Crippen LogP contribution in [-0.2, 0) is 19.5 Å². The molecule has 0 atom stereocenters. The molecule has 3 rings (SSSR count). The van der Waals surface area contributed by atoms with Gasteiger partial charge in [-0.2, -0.15) is 0 Å². The summed E-state index contributed by atoms with van der Waals surface area (Å²) in [6.45, 7) is 3.53. The molecule has 2 heterocycles. The Morgan fingerprint density at radius 3 is 2.92 bits per heavy atom. The average molecular weight is 379 g/mol. The lowest BCUT2D eigenvalue weighted by Gasteiger charge is -2.13. The highest BCUT2D eigenvalue weighted by molar-refractivity contribution is 6.32. The van der Waals surface area contributed by atoms with E-state index in [-0.39, 0.29) is 5.91 Å². The van der Waals surface area contributed by atoms with Gasteiger partial charge in [0.25, 0.3) is 5.91 Å². The Kier molecular flexibility index (Phi) is 5.98. The molecule has 2 aromatic rings. The van der Waals surface area contributed by atoms with Crippen molar-refractivity contribution >= 4 is 17.5 Å². The third-order valence-corrected chi connectivity index (χ3v) is 4.65. The van der Waals surface area contributed by atoms with Crippen molar-refractivity contribution in [2.75, 3.05) is 13.7 Å². The van der Waals surface area contributed by atoms with Crippen molar-refractivity contribution in [3.8, 4) is 11.5 Å². The molecule has 0 fully saturated rings. The van der Waals surface area contributed by atoms with Crippen LogP contribution in [0.15, 0.2) is 12.1 Å². The molecule has 0 radical (unpaired) electrons. The fourth-order valence-corrected chi connectivity index (χ4v) is 3.34. The standard InChI is InChI=1S/C18H23ClN4O3/c1-3-26-17-13(19)9-12(10-14(17)25-2)18(24)20-11-16-22-21-15-7-5-4-6-8-23(15)16/h9-10H,3-8,11H2,1-2H3,(H,20,24). The molecule has 0 spiro atoms. The number of amides is 1. The normalized spacial score (nSPS) is 13.7. The fraction of sp³-hybridized carbons (Fsp3) is 0.500. The van der Waals surface area contributed by atoms with Crippen LogP contribution >= 0.6 is 11.6 Å². The number of aryl methyl sites for hydroxylation is 1. The number of halogens is 1. The van der Waals surface area contributed by atoms with Gasteiger partial charge in [-0.1, -0.05) is 18.0 Å². The summed E-state index contributed by atoms with van der Waals surface area (Å²) in [7, 11) is 1.52. The van der Waals surface area contributed by atoms with E-state index < -0.39 is 0 Å². The van der Waals surface area contributed by atoms with E-state index in [0.29, 0.717) is 35.2 Å². The topological polar surface area (TPSA) is 78.3 Å². The number of carbonyl (C=O) groups excluding carboxylic acids is 1. The van der Waals surface area contributed by atoms with Crippen LogP contribution in [0, 0.1) is 0 Å². The Labute approximate surface area is 157 Å². The number of ether oxygens (including phenoxy) is 2. The Balaban J connectivity index is 1.73. The van der Waals surface area contributed by atoms with Crippen LogP contribution in [-0.4, -0.2) is 34.4 Å². The quantitative estimate of drug-likeness (QED) is 0.836. The van der Waals surface area contributed by atoms with Gasteiger partial charge in [0, 0.05) is 18.5 Å². The number of nitrogens with one attached hydrogen (secondary N) is 1. The smallest absolute Gasteiger partial charge is 0.251 e. The van der Waals surface area contributed by atoms with Gasteiger partial charge in [-0.25, -0.2) is 0 Å². The lowest BCUT2D eigenvalue weighted by molar-refractivity contribution is 0.0949. The van der Waals surface area contributed by atoms with Crippen molar-refractivity contribution in [2.24, 2.45) is 0 Å². The highest BCUT2D eigenvalue weighted by atomic mass is 35.5. The van der Waals surface area contributed by atoms with E-state index in [2.05, 4.69) is 20.1 Å². The second kappa shape index (κ2) is 8.40. The number of methoxy groups -OCH3 is 1. The summed E-state index contributed by atoms with van der Waals surface area (Å²) in [5, 5.41) is 11.7. The van der Waals surface area contributed by atoms with Gasteiger partial charge >= 0.3 is 0 Å². The first-order valence-electron chi connectivity index (χ1n) is 8.83. The second-order valence-electron chi connectivity index (χ2n) is 6.10. The maximum atomic E-state index is 12.5. The summed E-state index contributed by atoms with van der Waals surface area (Å²) >= 11 is 6.24. The third kappa shape index (κ3) is 3.93. The maximum Gasteiger partial charge on any atom is 0.251 e. The molecule has 8 heteroatoms. The van der Waals surface area contributed by atoms with Crippen molar-refractivity contribution in [3.05, 3.63) is 34.4 Å². The van der Waals surface area contributed by atoms with Crippen molar-refractivity contribution in [1.82, 2.24) is 20.1 Å². The van der Waals surface area contributed by atoms with Gasteiger partial charge in [-0.05, 0) is 31.9 Å². The van der Waals surface area contributed by atoms with E-state index in [4.69, 9.17) is 21.1 Å². The molecule has 0 bridgehead atoms. The first-order chi connectivity index (χ1) is 12.6. The van der Waals surface area contributed by atoms with Gasteiger partial charge in [-0.15, -0.1) is 10.2 Å². The summed E-state index contributed by atoms with van der Waals surface area (Å²) in [6, 6.07) is 3.20. The van der Waals surface area contributed by atoms with Gasteiger partial charge in [0.1, 0.15) is 5.82 Å². The Morgan fingerprint density at radius 2 is 2.15 bits per heavy atom. The van der Waals surface area contributed by atoms with Crippen LogP contribution < -0.4 is 14.8 Å². The molecular weight excluding hydrogens is 356 g/mol. The minimum absolute atomic E-state index is 0.251. The van der Waals surface area contributed by atoms with Crippen LogP contribution in [0.5, 0.6) is 11.5 Å². The van der Waals surface area contributed by atoms with Crippen molar-refractivity contribution in [1.29, 1.82) is 0 Å². The number of hydrogen-bond donors (Lipinski definition) is 1. The van der Waals surface area contributed by atoms with Gasteiger partial charge in [0.15, 0.2) is 17.3 Å². The molecule has 1 aromatic carbocycles. The zero-order valence-corrected chi connectivity index (χ0v) is 15.8. The number of carbonyl (C=O) groups is 1. The third-order valence-electron chi connectivity index (χ3n) is 4.37. The minimum Gasteiger partial charge on any atom is -0.493 e. The van der Waals surface area contributed by atoms with Gasteiger partial charge in [0.05, 0.1) is 25.3 Å². The fourth-order valence-electron chi connectivity index (χ4n) is 3.07. The number of nitrogens with zero attached hydrogens (tertiary/aromatic N) is 3. The molecule has 1 N–H and O–H groups in total. The molecule has 140 valence electrons. The van der Waals surface area contributed by atoms with Gasteiger partial charge < -0.3 is 19.4 Å². The van der Waals surface area contributed by atoms with Gasteiger partial charge in [-0.3, -0.25) is 4.79 Å². The molecule has 0 saturated heterocycles. The SMILES string of the molecule is CCOc1c(Cl)cc(C(=O)NCc2nnc3n2CCCCC3)cc1OC. The predicted molar refractivity (Wildman–Crippen MR) is 97.9 cm³/mol. The average Bonchev–Trinajstić information content (AvgIpc) is 2.87. The van der Waals surface area contributed by atoms with Crippen LogP contribution in [0.1, 0.15) is 48.2 Å². The van der Waals surface area contributed by atoms with Crippen molar-refractivity contribution in [3.63, 3.8) is 0 Å². The zero-order valence-electron chi connectivity index (χ0n) is 15.0. The highest BCUT2D eigenvalue weighted by Crippen LogP contribution is 2.36. The lowest BCUT2D eigenvalue weighted by atomic mass is 10.2. The summed E-state index contributed by atoms with van der Waals surface area (Å²) in [5.74, 6) is 2.40. The van der Waals surface area contributed by atoms with E-state index in [1.54, 1.807) is 12.1 Å². The van der Waals surface area contributed by atoms with Crippen molar-refractivity contribution < 1.29 is 14.3 Å². The Morgan fingerprint density at radius 1 is 1.31 bits per heavy atom. The first-order valence-corrected chi connectivity index (χ1v) is 9.21. The van der Waals surface area contributed by atoms with Crippen LogP contribution in [0.3, 0.4) is 0 Å². The molecule has 1 aliphatic heterocycles. The van der Waals surface area contributed by atoms with E-state index in [0.717, 1.165) is 37.5 Å². The first kappa shape index (κ1) is 18.5. The number of fused-ring (bicyclic) bond motifs is 1. The molecule has 1 aromatic heterocycles. The number of aromatic nitrogens is 3. The zero-order chi connectivity index (χ0) is 18.5. The number of rotatable bonds is 6. The summed E-state index contributed by atoms with van der Waals surface area (Å²) < 4.78 is 12.9. The Bertz CT molecular complexity index is 791. The van der Waals surface area contributed by atoms with Crippen LogP contribution in [0.4, 0.5) is 0 Å². The molecule has 0 saturated carbocycles. The van der Waals surface area contributed by atoms with E-state index in [9.17, 15) is 4.79 Å². The van der Waals surface area contributed by atoms with Gasteiger partial charge in [0.2, 0.25) is 0 Å². The number of benzene rings is 1. The molecule has 1 aliphatic rings. The van der Waals surface area contributed by atoms with E-state index in [1.165, 1.54) is 13.5 Å². The summed E-state index contributed by atoms with van der Waals surface area (Å²) in [6.07, 6.45) is 4.37.